The quantitative estimate of drug-likeness (QED) is 0.263. The van der Waals surface area contributed by atoms with E-state index < -0.39 is 23.5 Å². The van der Waals surface area contributed by atoms with Gasteiger partial charge in [-0.3, -0.25) is 14.5 Å². The van der Waals surface area contributed by atoms with Crippen molar-refractivity contribution >= 4 is 17.4 Å². The van der Waals surface area contributed by atoms with Gasteiger partial charge in [-0.1, -0.05) is 42.5 Å². The molecule has 8 heteroatoms. The Hall–Kier alpha value is -4.01. The summed E-state index contributed by atoms with van der Waals surface area (Å²) >= 11 is 0. The van der Waals surface area contributed by atoms with Gasteiger partial charge in [0.25, 0.3) is 11.7 Å². The van der Waals surface area contributed by atoms with E-state index in [1.165, 1.54) is 17.0 Å². The highest BCUT2D eigenvalue weighted by Crippen LogP contribution is 2.40. The molecule has 0 spiro atoms. The zero-order valence-corrected chi connectivity index (χ0v) is 21.8. The minimum absolute atomic E-state index is 0.00496. The lowest BCUT2D eigenvalue weighted by atomic mass is 9.94. The van der Waals surface area contributed by atoms with Gasteiger partial charge in [-0.2, -0.15) is 0 Å². The SMILES string of the molecule is Cc1cc(OCc2ccccc2)ccc1C(O)=C1C(=O)C(=O)N(CCN2CCOCC2)[C@H]1c1ccc(F)cc1. The van der Waals surface area contributed by atoms with Gasteiger partial charge >= 0.3 is 0 Å². The number of morpholine rings is 1. The van der Waals surface area contributed by atoms with Crippen LogP contribution in [0.3, 0.4) is 0 Å². The number of carbonyl (C=O) groups is 2. The molecule has 2 fully saturated rings. The van der Waals surface area contributed by atoms with Crippen molar-refractivity contribution < 1.29 is 28.6 Å². The Balaban J connectivity index is 1.45. The van der Waals surface area contributed by atoms with Gasteiger partial charge in [0.2, 0.25) is 0 Å². The second kappa shape index (κ2) is 11.8. The number of aryl methyl sites for hydroxylation is 1. The Labute approximate surface area is 227 Å². The molecule has 39 heavy (non-hydrogen) atoms. The van der Waals surface area contributed by atoms with Gasteiger partial charge < -0.3 is 19.5 Å². The lowest BCUT2D eigenvalue weighted by Crippen LogP contribution is -2.42. The molecule has 0 unspecified atom stereocenters. The van der Waals surface area contributed by atoms with Crippen LogP contribution in [0.15, 0.2) is 78.4 Å². The van der Waals surface area contributed by atoms with E-state index in [0.717, 1.165) is 18.7 Å². The van der Waals surface area contributed by atoms with E-state index in [1.807, 2.05) is 37.3 Å². The van der Waals surface area contributed by atoms with Crippen molar-refractivity contribution in [3.8, 4) is 5.75 Å². The molecule has 7 nitrogen and oxygen atoms in total. The van der Waals surface area contributed by atoms with Crippen LogP contribution in [0.4, 0.5) is 4.39 Å². The predicted molar refractivity (Wildman–Crippen MR) is 145 cm³/mol. The summed E-state index contributed by atoms with van der Waals surface area (Å²) in [6, 6.07) is 19.8. The van der Waals surface area contributed by atoms with Gasteiger partial charge in [0, 0.05) is 31.7 Å². The number of likely N-dealkylation sites (tertiary alicyclic amines) is 1. The highest BCUT2D eigenvalue weighted by Gasteiger charge is 2.46. The van der Waals surface area contributed by atoms with Gasteiger partial charge in [0.1, 0.15) is 23.9 Å². The van der Waals surface area contributed by atoms with Crippen LogP contribution >= 0.6 is 0 Å². The second-order valence-corrected chi connectivity index (χ2v) is 9.75. The largest absolute Gasteiger partial charge is 0.507 e. The molecule has 0 saturated carbocycles. The number of benzene rings is 3. The molecule has 3 aromatic carbocycles. The number of ketones is 1. The maximum Gasteiger partial charge on any atom is 0.295 e. The monoisotopic (exact) mass is 530 g/mol. The fourth-order valence-corrected chi connectivity index (χ4v) is 5.05. The summed E-state index contributed by atoms with van der Waals surface area (Å²) in [6.07, 6.45) is 0. The van der Waals surface area contributed by atoms with E-state index in [9.17, 15) is 19.1 Å². The highest BCUT2D eigenvalue weighted by molar-refractivity contribution is 6.46. The van der Waals surface area contributed by atoms with E-state index in [1.54, 1.807) is 30.3 Å². The van der Waals surface area contributed by atoms with Crippen LogP contribution in [0.25, 0.3) is 5.76 Å². The smallest absolute Gasteiger partial charge is 0.295 e. The van der Waals surface area contributed by atoms with Crippen molar-refractivity contribution in [3.05, 3.63) is 106 Å². The summed E-state index contributed by atoms with van der Waals surface area (Å²) in [5.74, 6) is -1.50. The number of Topliss-reactive ketones (excluding diaryl/α,β-unsaturated/α-hetero) is 1. The molecule has 2 aliphatic rings. The molecule has 5 rings (SSSR count). The summed E-state index contributed by atoms with van der Waals surface area (Å²) < 4.78 is 25.1. The van der Waals surface area contributed by atoms with E-state index in [0.29, 0.717) is 48.8 Å². The molecule has 0 radical (unpaired) electrons. The molecule has 2 heterocycles. The summed E-state index contributed by atoms with van der Waals surface area (Å²) in [6.45, 7) is 5.76. The Morgan fingerprint density at radius 3 is 2.41 bits per heavy atom. The first-order chi connectivity index (χ1) is 18.9. The van der Waals surface area contributed by atoms with Gasteiger partial charge in [0.15, 0.2) is 0 Å². The van der Waals surface area contributed by atoms with E-state index in [4.69, 9.17) is 9.47 Å². The molecular formula is C31H31FN2O5. The van der Waals surface area contributed by atoms with Crippen molar-refractivity contribution in [1.29, 1.82) is 0 Å². The van der Waals surface area contributed by atoms with Crippen LogP contribution in [0, 0.1) is 12.7 Å². The topological polar surface area (TPSA) is 79.3 Å². The van der Waals surface area contributed by atoms with Crippen LogP contribution in [0.5, 0.6) is 5.75 Å². The molecule has 1 atom stereocenters. The number of aliphatic hydroxyl groups excluding tert-OH is 1. The van der Waals surface area contributed by atoms with E-state index in [2.05, 4.69) is 4.90 Å². The fourth-order valence-electron chi connectivity index (χ4n) is 5.05. The third kappa shape index (κ3) is 5.87. The normalized spacial score (nSPS) is 19.4. The number of amides is 1. The van der Waals surface area contributed by atoms with Gasteiger partial charge in [0.05, 0.1) is 24.8 Å². The minimum Gasteiger partial charge on any atom is -0.507 e. The molecule has 1 N–H and O–H groups in total. The lowest BCUT2D eigenvalue weighted by molar-refractivity contribution is -0.140. The van der Waals surface area contributed by atoms with Crippen LogP contribution in [0.1, 0.15) is 28.3 Å². The summed E-state index contributed by atoms with van der Waals surface area (Å²) in [5.41, 5.74) is 2.70. The van der Waals surface area contributed by atoms with Crippen LogP contribution < -0.4 is 4.74 Å². The maximum atomic E-state index is 13.8. The van der Waals surface area contributed by atoms with Crippen LogP contribution in [-0.4, -0.2) is 66.0 Å². The molecule has 0 bridgehead atoms. The number of ether oxygens (including phenoxy) is 2. The highest BCUT2D eigenvalue weighted by atomic mass is 19.1. The number of halogens is 1. The summed E-state index contributed by atoms with van der Waals surface area (Å²) in [4.78, 5) is 30.2. The standard InChI is InChI=1S/C31H31FN2O5/c1-21-19-25(39-20-22-5-3-2-4-6-22)11-12-26(21)29(35)27-28(23-7-9-24(32)10-8-23)34(31(37)30(27)36)14-13-33-15-17-38-18-16-33/h2-12,19,28,35H,13-18,20H2,1H3/t28-/m0/s1. The molecule has 3 aromatic rings. The number of aliphatic hydroxyl groups is 1. The van der Waals surface area contributed by atoms with Crippen LogP contribution in [-0.2, 0) is 20.9 Å². The first-order valence-electron chi connectivity index (χ1n) is 13.0. The third-order valence-electron chi connectivity index (χ3n) is 7.19. The van der Waals surface area contributed by atoms with Crippen molar-refractivity contribution in [2.45, 2.75) is 19.6 Å². The Morgan fingerprint density at radius 2 is 1.72 bits per heavy atom. The fraction of sp³-hybridized carbons (Fsp3) is 0.290. The second-order valence-electron chi connectivity index (χ2n) is 9.75. The predicted octanol–water partition coefficient (Wildman–Crippen LogP) is 4.47. The lowest BCUT2D eigenvalue weighted by Gasteiger charge is -2.31. The molecule has 1 amide bonds. The van der Waals surface area contributed by atoms with Gasteiger partial charge in [-0.05, 0) is 53.9 Å². The van der Waals surface area contributed by atoms with Crippen molar-refractivity contribution in [1.82, 2.24) is 9.80 Å². The first-order valence-corrected chi connectivity index (χ1v) is 13.0. The van der Waals surface area contributed by atoms with Crippen LogP contribution in [0.2, 0.25) is 0 Å². The summed E-state index contributed by atoms with van der Waals surface area (Å²) in [7, 11) is 0. The number of carbonyl (C=O) groups excluding carboxylic acids is 2. The van der Waals surface area contributed by atoms with Crippen molar-refractivity contribution in [2.75, 3.05) is 39.4 Å². The van der Waals surface area contributed by atoms with Gasteiger partial charge in [-0.15, -0.1) is 0 Å². The number of rotatable bonds is 8. The van der Waals surface area contributed by atoms with Crippen molar-refractivity contribution in [2.24, 2.45) is 0 Å². The Kier molecular flexibility index (Phi) is 8.05. The molecule has 0 aromatic heterocycles. The molecule has 2 aliphatic heterocycles. The zero-order valence-electron chi connectivity index (χ0n) is 21.8. The Bertz CT molecular complexity index is 1370. The average Bonchev–Trinajstić information content (AvgIpc) is 3.21. The average molecular weight is 531 g/mol. The maximum absolute atomic E-state index is 13.8. The van der Waals surface area contributed by atoms with Gasteiger partial charge in [-0.25, -0.2) is 4.39 Å². The number of nitrogens with zero attached hydrogens (tertiary/aromatic N) is 2. The molecule has 202 valence electrons. The molecule has 2 saturated heterocycles. The van der Waals surface area contributed by atoms with E-state index in [-0.39, 0.29) is 17.9 Å². The molecule has 0 aliphatic carbocycles. The Morgan fingerprint density at radius 1 is 1.00 bits per heavy atom. The van der Waals surface area contributed by atoms with Crippen molar-refractivity contribution in [3.63, 3.8) is 0 Å². The van der Waals surface area contributed by atoms with E-state index >= 15 is 0 Å². The zero-order chi connectivity index (χ0) is 27.4. The number of hydrogen-bond acceptors (Lipinski definition) is 6. The summed E-state index contributed by atoms with van der Waals surface area (Å²) in [5, 5.41) is 11.4. The third-order valence-corrected chi connectivity index (χ3v) is 7.19. The number of hydrogen-bond donors (Lipinski definition) is 1. The first kappa shape index (κ1) is 26.6. The molecular weight excluding hydrogens is 499 g/mol. The minimum atomic E-state index is -0.833.